The van der Waals surface area contributed by atoms with Crippen LogP contribution in [0.4, 0.5) is 0 Å². The van der Waals surface area contributed by atoms with E-state index in [-0.39, 0.29) is 11.3 Å². The molecular weight excluding hydrogens is 310 g/mol. The molecule has 0 spiro atoms. The predicted molar refractivity (Wildman–Crippen MR) is 104 cm³/mol. The highest BCUT2D eigenvalue weighted by Gasteiger charge is 2.22. The van der Waals surface area contributed by atoms with E-state index in [4.69, 9.17) is 4.74 Å². The molecule has 0 aliphatic heterocycles. The van der Waals surface area contributed by atoms with Crippen molar-refractivity contribution < 1.29 is 9.53 Å². The average molecular weight is 346 g/mol. The van der Waals surface area contributed by atoms with Gasteiger partial charge in [-0.15, -0.1) is 0 Å². The molecule has 1 N–H and O–H groups in total. The molecule has 140 valence electrons. The van der Waals surface area contributed by atoms with Crippen LogP contribution < -0.4 is 10.1 Å². The molecule has 0 unspecified atom stereocenters. The van der Waals surface area contributed by atoms with Gasteiger partial charge < -0.3 is 10.1 Å². The van der Waals surface area contributed by atoms with Gasteiger partial charge in [-0.3, -0.25) is 4.79 Å². The van der Waals surface area contributed by atoms with Gasteiger partial charge in [0.05, 0.1) is 0 Å². The monoisotopic (exact) mass is 345 g/mol. The Hall–Kier alpha value is -1.51. The summed E-state index contributed by atoms with van der Waals surface area (Å²) in [5.41, 5.74) is 1.39. The van der Waals surface area contributed by atoms with Crippen molar-refractivity contribution in [2.45, 2.75) is 96.6 Å². The number of amides is 1. The molecule has 0 heterocycles. The molecule has 2 rings (SSSR count). The molecule has 1 saturated carbocycles. The standard InChI is InChI=1S/C22H35NO2/c1-5-20(21(24)23-18-11-9-7-6-8-10-12-18)25-19-15-13-17(14-16-19)22(2,3)4/h13-16,18,20H,5-12H2,1-4H3,(H,23,24)/t20-/m0/s1. The Bertz CT molecular complexity index is 522. The van der Waals surface area contributed by atoms with Crippen molar-refractivity contribution in [2.75, 3.05) is 0 Å². The third-order valence-electron chi connectivity index (χ3n) is 5.11. The molecule has 1 fully saturated rings. The minimum Gasteiger partial charge on any atom is -0.481 e. The number of ether oxygens (including phenoxy) is 1. The summed E-state index contributed by atoms with van der Waals surface area (Å²) in [7, 11) is 0. The molecule has 3 nitrogen and oxygen atoms in total. The minimum atomic E-state index is -0.411. The van der Waals surface area contributed by atoms with Crippen molar-refractivity contribution in [3.63, 3.8) is 0 Å². The molecule has 3 heteroatoms. The summed E-state index contributed by atoms with van der Waals surface area (Å²) in [6.07, 6.45) is 8.83. The lowest BCUT2D eigenvalue weighted by Gasteiger charge is -2.24. The summed E-state index contributed by atoms with van der Waals surface area (Å²) in [6.45, 7) is 8.59. The molecule has 1 aliphatic rings. The normalized spacial score (nSPS) is 18.1. The van der Waals surface area contributed by atoms with Crippen LogP contribution in [0.5, 0.6) is 5.75 Å². The fraction of sp³-hybridized carbons (Fsp3) is 0.682. The maximum absolute atomic E-state index is 12.6. The Balaban J connectivity index is 1.92. The smallest absolute Gasteiger partial charge is 0.261 e. The van der Waals surface area contributed by atoms with Gasteiger partial charge in [0, 0.05) is 6.04 Å². The van der Waals surface area contributed by atoms with E-state index in [9.17, 15) is 4.79 Å². The van der Waals surface area contributed by atoms with Crippen LogP contribution in [0.15, 0.2) is 24.3 Å². The Kier molecular flexibility index (Phi) is 7.34. The number of hydrogen-bond donors (Lipinski definition) is 1. The first-order valence-corrected chi connectivity index (χ1v) is 9.97. The van der Waals surface area contributed by atoms with Crippen LogP contribution in [-0.4, -0.2) is 18.1 Å². The van der Waals surface area contributed by atoms with Gasteiger partial charge in [-0.1, -0.05) is 71.9 Å². The van der Waals surface area contributed by atoms with Gasteiger partial charge in [-0.2, -0.15) is 0 Å². The van der Waals surface area contributed by atoms with E-state index in [0.29, 0.717) is 12.5 Å². The molecule has 1 aromatic rings. The first-order chi connectivity index (χ1) is 11.9. The zero-order valence-electron chi connectivity index (χ0n) is 16.4. The van der Waals surface area contributed by atoms with Gasteiger partial charge in [0.1, 0.15) is 5.75 Å². The fourth-order valence-electron chi connectivity index (χ4n) is 3.41. The molecule has 0 bridgehead atoms. The van der Waals surface area contributed by atoms with E-state index in [0.717, 1.165) is 18.6 Å². The first kappa shape index (κ1) is 19.8. The number of rotatable bonds is 5. The molecule has 1 aromatic carbocycles. The van der Waals surface area contributed by atoms with Crippen molar-refractivity contribution in [2.24, 2.45) is 0 Å². The van der Waals surface area contributed by atoms with Crippen LogP contribution in [-0.2, 0) is 10.2 Å². The third-order valence-corrected chi connectivity index (χ3v) is 5.11. The van der Waals surface area contributed by atoms with Crippen molar-refractivity contribution in [1.29, 1.82) is 0 Å². The highest BCUT2D eigenvalue weighted by Crippen LogP contribution is 2.25. The van der Waals surface area contributed by atoms with E-state index >= 15 is 0 Å². The SMILES string of the molecule is CC[C@H](Oc1ccc(C(C)(C)C)cc1)C(=O)NC1CCCCCCC1. The number of benzene rings is 1. The summed E-state index contributed by atoms with van der Waals surface area (Å²) in [4.78, 5) is 12.6. The van der Waals surface area contributed by atoms with E-state index in [2.05, 4.69) is 38.2 Å². The van der Waals surface area contributed by atoms with Crippen LogP contribution in [0, 0.1) is 0 Å². The second kappa shape index (κ2) is 9.26. The Morgan fingerprint density at radius 2 is 1.64 bits per heavy atom. The quantitative estimate of drug-likeness (QED) is 0.779. The van der Waals surface area contributed by atoms with Crippen LogP contribution >= 0.6 is 0 Å². The first-order valence-electron chi connectivity index (χ1n) is 9.97. The maximum Gasteiger partial charge on any atom is 0.261 e. The van der Waals surface area contributed by atoms with Crippen LogP contribution in [0.2, 0.25) is 0 Å². The average Bonchev–Trinajstić information content (AvgIpc) is 2.54. The van der Waals surface area contributed by atoms with Crippen molar-refractivity contribution in [3.05, 3.63) is 29.8 Å². The van der Waals surface area contributed by atoms with E-state index in [1.807, 2.05) is 19.1 Å². The second-order valence-corrected chi connectivity index (χ2v) is 8.34. The highest BCUT2D eigenvalue weighted by atomic mass is 16.5. The Morgan fingerprint density at radius 3 is 2.16 bits per heavy atom. The van der Waals surface area contributed by atoms with Crippen molar-refractivity contribution in [3.8, 4) is 5.75 Å². The second-order valence-electron chi connectivity index (χ2n) is 8.34. The molecule has 1 atom stereocenters. The molecule has 0 radical (unpaired) electrons. The molecule has 25 heavy (non-hydrogen) atoms. The highest BCUT2D eigenvalue weighted by molar-refractivity contribution is 5.81. The summed E-state index contributed by atoms with van der Waals surface area (Å²) in [5.74, 6) is 0.806. The van der Waals surface area contributed by atoms with Gasteiger partial charge in [-0.25, -0.2) is 0 Å². The minimum absolute atomic E-state index is 0.0352. The zero-order valence-corrected chi connectivity index (χ0v) is 16.4. The molecule has 0 saturated heterocycles. The predicted octanol–water partition coefficient (Wildman–Crippen LogP) is 5.37. The number of carbonyl (C=O) groups is 1. The Labute approximate surface area is 153 Å². The van der Waals surface area contributed by atoms with Crippen LogP contribution in [0.3, 0.4) is 0 Å². The van der Waals surface area contributed by atoms with Gasteiger partial charge in [0.15, 0.2) is 6.10 Å². The number of carbonyl (C=O) groups excluding carboxylic acids is 1. The number of hydrogen-bond acceptors (Lipinski definition) is 2. The largest absolute Gasteiger partial charge is 0.481 e. The lowest BCUT2D eigenvalue weighted by molar-refractivity contribution is -0.129. The van der Waals surface area contributed by atoms with E-state index in [1.165, 1.54) is 37.7 Å². The maximum atomic E-state index is 12.6. The Morgan fingerprint density at radius 1 is 1.08 bits per heavy atom. The number of nitrogens with one attached hydrogen (secondary N) is 1. The van der Waals surface area contributed by atoms with E-state index < -0.39 is 6.10 Å². The van der Waals surface area contributed by atoms with Gasteiger partial charge in [0.25, 0.3) is 5.91 Å². The molecule has 0 aromatic heterocycles. The summed E-state index contributed by atoms with van der Waals surface area (Å²) in [6, 6.07) is 8.45. The van der Waals surface area contributed by atoms with Crippen molar-refractivity contribution in [1.82, 2.24) is 5.32 Å². The molecule has 1 amide bonds. The lowest BCUT2D eigenvalue weighted by atomic mass is 9.87. The van der Waals surface area contributed by atoms with Crippen molar-refractivity contribution >= 4 is 5.91 Å². The third kappa shape index (κ3) is 6.37. The van der Waals surface area contributed by atoms with E-state index in [1.54, 1.807) is 0 Å². The molecule has 1 aliphatic carbocycles. The fourth-order valence-corrected chi connectivity index (χ4v) is 3.41. The van der Waals surface area contributed by atoms with Gasteiger partial charge in [0.2, 0.25) is 0 Å². The zero-order chi connectivity index (χ0) is 18.3. The topological polar surface area (TPSA) is 38.3 Å². The van der Waals surface area contributed by atoms with Gasteiger partial charge in [-0.05, 0) is 42.4 Å². The van der Waals surface area contributed by atoms with Crippen LogP contribution in [0.1, 0.15) is 84.6 Å². The van der Waals surface area contributed by atoms with Crippen LogP contribution in [0.25, 0.3) is 0 Å². The van der Waals surface area contributed by atoms with Gasteiger partial charge >= 0.3 is 0 Å². The lowest BCUT2D eigenvalue weighted by Crippen LogP contribution is -2.43. The summed E-state index contributed by atoms with van der Waals surface area (Å²) in [5, 5.41) is 3.23. The summed E-state index contributed by atoms with van der Waals surface area (Å²) >= 11 is 0. The summed E-state index contributed by atoms with van der Waals surface area (Å²) < 4.78 is 5.98. The molecular formula is C22H35NO2.